The minimum atomic E-state index is -4.88. The van der Waals surface area contributed by atoms with Gasteiger partial charge in [-0.3, -0.25) is 23.2 Å². The summed E-state index contributed by atoms with van der Waals surface area (Å²) in [6, 6.07) is 0. The number of carbonyl (C=O) groups excluding carboxylic acids is 2. The number of phosphoric ester groups is 2. The molecule has 16 heteroatoms. The highest BCUT2D eigenvalue weighted by molar-refractivity contribution is 7.47. The van der Waals surface area contributed by atoms with Crippen molar-refractivity contribution in [2.75, 3.05) is 26.4 Å². The van der Waals surface area contributed by atoms with E-state index in [1.165, 1.54) is 38.5 Å². The molecule has 14 nitrogen and oxygen atoms in total. The molecular weight excluding hydrogens is 838 g/mol. The van der Waals surface area contributed by atoms with Crippen LogP contribution in [-0.2, 0) is 41.8 Å². The zero-order chi connectivity index (χ0) is 46.0. The highest BCUT2D eigenvalue weighted by Crippen LogP contribution is 2.43. The van der Waals surface area contributed by atoms with Gasteiger partial charge in [0.25, 0.3) is 0 Å². The Morgan fingerprint density at radius 1 is 0.532 bits per heavy atom. The molecule has 0 aromatic carbocycles. The van der Waals surface area contributed by atoms with Crippen LogP contribution in [0.25, 0.3) is 0 Å². The summed E-state index contributed by atoms with van der Waals surface area (Å²) in [4.78, 5) is 52.7. The molecule has 0 spiro atoms. The van der Waals surface area contributed by atoms with Crippen molar-refractivity contribution in [3.05, 3.63) is 85.1 Å². The molecule has 0 bridgehead atoms. The fourth-order valence-electron chi connectivity index (χ4n) is 5.37. The third-order valence-corrected chi connectivity index (χ3v) is 10.3. The molecule has 0 saturated carbocycles. The number of phosphoric acid groups is 2. The maximum atomic E-state index is 12.7. The van der Waals surface area contributed by atoms with Gasteiger partial charge < -0.3 is 34.4 Å². The van der Waals surface area contributed by atoms with Gasteiger partial charge >= 0.3 is 27.6 Å². The number of ether oxygens (including phenoxy) is 2. The third kappa shape index (κ3) is 43.9. The molecule has 0 saturated heterocycles. The summed E-state index contributed by atoms with van der Waals surface area (Å²) in [5.41, 5.74) is 0. The van der Waals surface area contributed by atoms with Crippen molar-refractivity contribution in [1.82, 2.24) is 0 Å². The second-order valence-corrected chi connectivity index (χ2v) is 17.5. The van der Waals surface area contributed by atoms with Gasteiger partial charge in [0.15, 0.2) is 6.10 Å². The molecular formula is C46H78O14P2. The first-order valence-electron chi connectivity index (χ1n) is 22.4. The van der Waals surface area contributed by atoms with Crippen LogP contribution in [0.3, 0.4) is 0 Å². The van der Waals surface area contributed by atoms with Gasteiger partial charge in [-0.15, -0.1) is 0 Å². The fraction of sp³-hybridized carbons (Fsp3) is 0.652. The number of esters is 2. The fourth-order valence-corrected chi connectivity index (χ4v) is 6.52. The van der Waals surface area contributed by atoms with Gasteiger partial charge in [0.05, 0.1) is 25.9 Å². The Labute approximate surface area is 371 Å². The summed E-state index contributed by atoms with van der Waals surface area (Å²) in [5.74, 6) is -1.19. The van der Waals surface area contributed by atoms with E-state index < -0.39 is 72.3 Å². The summed E-state index contributed by atoms with van der Waals surface area (Å²) in [7, 11) is -9.74. The Morgan fingerprint density at radius 2 is 1.03 bits per heavy atom. The lowest BCUT2D eigenvalue weighted by Gasteiger charge is -2.20. The predicted molar refractivity (Wildman–Crippen MR) is 245 cm³/mol. The Hall–Kier alpha value is -2.74. The minimum absolute atomic E-state index is 0.0506. The second kappa shape index (κ2) is 41.0. The predicted octanol–water partition coefficient (Wildman–Crippen LogP) is 10.5. The van der Waals surface area contributed by atoms with Gasteiger partial charge in [0.2, 0.25) is 0 Å². The van der Waals surface area contributed by atoms with Gasteiger partial charge in [0, 0.05) is 12.8 Å². The van der Waals surface area contributed by atoms with Crippen molar-refractivity contribution in [3.8, 4) is 0 Å². The van der Waals surface area contributed by atoms with E-state index in [1.54, 1.807) is 18.2 Å². The molecule has 5 N–H and O–H groups in total. The van der Waals surface area contributed by atoms with E-state index >= 15 is 0 Å². The number of hydrogen-bond donors (Lipinski definition) is 5. The molecule has 4 atom stereocenters. The van der Waals surface area contributed by atoms with Gasteiger partial charge in [-0.2, -0.15) is 0 Å². The Kier molecular flexibility index (Phi) is 39.2. The lowest BCUT2D eigenvalue weighted by atomic mass is 10.1. The molecule has 0 aromatic heterocycles. The first-order chi connectivity index (χ1) is 29.8. The van der Waals surface area contributed by atoms with Crippen molar-refractivity contribution in [2.24, 2.45) is 0 Å². The maximum Gasteiger partial charge on any atom is 0.472 e. The lowest BCUT2D eigenvalue weighted by molar-refractivity contribution is -0.161. The van der Waals surface area contributed by atoms with E-state index in [2.05, 4.69) is 71.5 Å². The monoisotopic (exact) mass is 916 g/mol. The third-order valence-electron chi connectivity index (χ3n) is 8.83. The van der Waals surface area contributed by atoms with Crippen LogP contribution in [0.2, 0.25) is 0 Å². The standard InChI is InChI=1S/C46H78O14P2/c1-3-5-7-9-11-13-14-15-16-17-18-19-20-22-24-28-33-37-46(50)60-44(41-59-62(54,55)58-39-43(48)38-57-61(51,52)53)40-56-45(49)36-32-29-25-27-31-35-42(47)34-30-26-23-21-12-10-8-6-4-2/h11-13,15-16,18-19,21,25-27,30-31,35,42-44,47-48H,3-10,14,17,20,22-24,28-29,32-34,36-41H2,1-2H3,(H,54,55)(H2,51,52,53)/b13-11-,16-15-,19-18-,21-12-,27-25+,30-26-,35-31-/t42?,43-,44+/m0/s1. The van der Waals surface area contributed by atoms with E-state index in [0.29, 0.717) is 25.7 Å². The number of carbonyl (C=O) groups is 2. The molecule has 0 aromatic rings. The summed E-state index contributed by atoms with van der Waals surface area (Å²) in [6.07, 6.45) is 43.1. The number of allylic oxidation sites excluding steroid dienone is 12. The van der Waals surface area contributed by atoms with Crippen LogP contribution in [0.1, 0.15) is 149 Å². The molecule has 0 radical (unpaired) electrons. The van der Waals surface area contributed by atoms with Crippen LogP contribution >= 0.6 is 15.6 Å². The molecule has 62 heavy (non-hydrogen) atoms. The number of unbranched alkanes of at least 4 members (excludes halogenated alkanes) is 11. The van der Waals surface area contributed by atoms with E-state index in [0.717, 1.165) is 57.8 Å². The van der Waals surface area contributed by atoms with Gasteiger partial charge in [0.1, 0.15) is 12.7 Å². The number of rotatable bonds is 41. The number of hydrogen-bond acceptors (Lipinski definition) is 11. The molecule has 0 aliphatic rings. The summed E-state index contributed by atoms with van der Waals surface area (Å²) >= 11 is 0. The van der Waals surface area contributed by atoms with Gasteiger partial charge in [-0.25, -0.2) is 9.13 Å². The topological polar surface area (TPSA) is 216 Å². The molecule has 0 aliphatic carbocycles. The largest absolute Gasteiger partial charge is 0.472 e. The van der Waals surface area contributed by atoms with Crippen molar-refractivity contribution in [1.29, 1.82) is 0 Å². The van der Waals surface area contributed by atoms with E-state index in [9.17, 15) is 33.8 Å². The number of aliphatic hydroxyl groups is 2. The zero-order valence-electron chi connectivity index (χ0n) is 37.3. The Morgan fingerprint density at radius 3 is 1.63 bits per heavy atom. The van der Waals surface area contributed by atoms with Crippen LogP contribution in [0.5, 0.6) is 0 Å². The summed E-state index contributed by atoms with van der Waals surface area (Å²) in [5, 5.41) is 19.9. The Balaban J connectivity index is 4.73. The maximum absolute atomic E-state index is 12.7. The van der Waals surface area contributed by atoms with Crippen LogP contribution in [0, 0.1) is 0 Å². The molecule has 0 amide bonds. The van der Waals surface area contributed by atoms with Gasteiger partial charge in [-0.1, -0.05) is 137 Å². The second-order valence-electron chi connectivity index (χ2n) is 14.8. The van der Waals surface area contributed by atoms with Gasteiger partial charge in [-0.05, 0) is 83.5 Å². The highest BCUT2D eigenvalue weighted by atomic mass is 31.2. The van der Waals surface area contributed by atoms with Crippen LogP contribution in [-0.4, -0.2) is 81.6 Å². The quantitative estimate of drug-likeness (QED) is 0.0127. The van der Waals surface area contributed by atoms with Crippen LogP contribution in [0.15, 0.2) is 85.1 Å². The van der Waals surface area contributed by atoms with Crippen molar-refractivity contribution in [3.63, 3.8) is 0 Å². The smallest absolute Gasteiger partial charge is 0.462 e. The van der Waals surface area contributed by atoms with Crippen LogP contribution in [0.4, 0.5) is 0 Å². The average molecular weight is 917 g/mol. The molecule has 0 fully saturated rings. The molecule has 0 heterocycles. The average Bonchev–Trinajstić information content (AvgIpc) is 3.23. The number of aliphatic hydroxyl groups excluding tert-OH is 2. The van der Waals surface area contributed by atoms with Crippen LogP contribution < -0.4 is 0 Å². The summed E-state index contributed by atoms with van der Waals surface area (Å²) in [6.45, 7) is 1.50. The highest BCUT2D eigenvalue weighted by Gasteiger charge is 2.28. The van der Waals surface area contributed by atoms with Crippen molar-refractivity contribution < 1.29 is 66.7 Å². The normalized spacial score (nSPS) is 15.3. The Bertz CT molecular complexity index is 1430. The first-order valence-corrected chi connectivity index (χ1v) is 25.4. The summed E-state index contributed by atoms with van der Waals surface area (Å²) < 4.78 is 47.7. The molecule has 2 unspecified atom stereocenters. The zero-order valence-corrected chi connectivity index (χ0v) is 39.1. The van der Waals surface area contributed by atoms with Crippen molar-refractivity contribution in [2.45, 2.75) is 167 Å². The van der Waals surface area contributed by atoms with E-state index in [-0.39, 0.29) is 12.8 Å². The molecule has 0 aliphatic heterocycles. The molecule has 0 rings (SSSR count). The minimum Gasteiger partial charge on any atom is -0.462 e. The lowest BCUT2D eigenvalue weighted by Crippen LogP contribution is -2.30. The molecule has 356 valence electrons. The van der Waals surface area contributed by atoms with E-state index in [1.807, 2.05) is 18.2 Å². The van der Waals surface area contributed by atoms with Crippen molar-refractivity contribution >= 4 is 27.6 Å². The first kappa shape index (κ1) is 59.3. The van der Waals surface area contributed by atoms with E-state index in [4.69, 9.17) is 23.8 Å². The SMILES string of the molecule is CCCCC/C=C\C/C=C\C/C=C\CCCCCCC(=O)O[C@H](COC(=O)CCC/C=C/C=C\C(O)C/C=C\C/C=C\CCCCC)COP(=O)(O)OC[C@@H](O)COP(=O)(O)O.